The Bertz CT molecular complexity index is 955. The van der Waals surface area contributed by atoms with E-state index < -0.39 is 5.97 Å². The van der Waals surface area contributed by atoms with Gasteiger partial charge in [-0.15, -0.1) is 0 Å². The highest BCUT2D eigenvalue weighted by atomic mass is 35.5. The number of carboxylic acid groups (broad SMARTS) is 1. The standard InChI is InChI=1S/C16H14ClN3O3/c1-8(2)12-13(16(22)23)19-20-7-11(18-15(21)14(12)20)9-3-5-10(17)6-4-9/h3-8H,1-2H3,(H,18,21)(H,22,23). The van der Waals surface area contributed by atoms with Gasteiger partial charge in [0.2, 0.25) is 0 Å². The van der Waals surface area contributed by atoms with Crippen LogP contribution in [0.25, 0.3) is 16.8 Å². The van der Waals surface area contributed by atoms with E-state index in [2.05, 4.69) is 10.1 Å². The van der Waals surface area contributed by atoms with Crippen LogP contribution in [-0.4, -0.2) is 25.7 Å². The zero-order valence-corrected chi connectivity index (χ0v) is 13.3. The largest absolute Gasteiger partial charge is 0.476 e. The molecule has 0 amide bonds. The van der Waals surface area contributed by atoms with Crippen molar-refractivity contribution in [2.24, 2.45) is 0 Å². The van der Waals surface area contributed by atoms with Gasteiger partial charge in [0.05, 0.1) is 11.9 Å². The van der Waals surface area contributed by atoms with Crippen LogP contribution in [0.3, 0.4) is 0 Å². The highest BCUT2D eigenvalue weighted by Crippen LogP contribution is 2.24. The van der Waals surface area contributed by atoms with Gasteiger partial charge in [0.15, 0.2) is 5.69 Å². The molecule has 1 aromatic carbocycles. The minimum absolute atomic E-state index is 0.0984. The first-order valence-electron chi connectivity index (χ1n) is 7.03. The number of hydrogen-bond donors (Lipinski definition) is 2. The third-order valence-corrected chi connectivity index (χ3v) is 3.85. The zero-order chi connectivity index (χ0) is 16.7. The van der Waals surface area contributed by atoms with Crippen molar-refractivity contribution in [1.82, 2.24) is 14.6 Å². The molecule has 2 aromatic heterocycles. The van der Waals surface area contributed by atoms with Gasteiger partial charge in [0.1, 0.15) is 5.52 Å². The molecule has 3 aromatic rings. The van der Waals surface area contributed by atoms with Crippen LogP contribution in [0.5, 0.6) is 0 Å². The zero-order valence-electron chi connectivity index (χ0n) is 12.5. The summed E-state index contributed by atoms with van der Waals surface area (Å²) in [6, 6.07) is 6.96. The van der Waals surface area contributed by atoms with Gasteiger partial charge in [-0.3, -0.25) is 4.79 Å². The number of hydrogen-bond acceptors (Lipinski definition) is 3. The molecule has 0 aliphatic rings. The lowest BCUT2D eigenvalue weighted by molar-refractivity contribution is 0.0688. The molecule has 6 nitrogen and oxygen atoms in total. The Labute approximate surface area is 136 Å². The Morgan fingerprint density at radius 2 is 1.96 bits per heavy atom. The number of rotatable bonds is 3. The third kappa shape index (κ3) is 2.61. The molecule has 0 aliphatic carbocycles. The number of fused-ring (bicyclic) bond motifs is 1. The molecule has 0 saturated heterocycles. The number of carbonyl (C=O) groups is 1. The molecule has 0 fully saturated rings. The van der Waals surface area contributed by atoms with Gasteiger partial charge in [-0.05, 0) is 23.6 Å². The number of nitrogens with zero attached hydrogens (tertiary/aromatic N) is 2. The fraction of sp³-hybridized carbons (Fsp3) is 0.188. The molecule has 0 radical (unpaired) electrons. The first-order chi connectivity index (χ1) is 10.9. The Kier molecular flexibility index (Phi) is 3.69. The van der Waals surface area contributed by atoms with Crippen LogP contribution in [0, 0.1) is 0 Å². The second-order valence-corrected chi connectivity index (χ2v) is 5.96. The van der Waals surface area contributed by atoms with E-state index in [9.17, 15) is 14.7 Å². The summed E-state index contributed by atoms with van der Waals surface area (Å²) in [5.41, 5.74) is 1.51. The van der Waals surface area contributed by atoms with Gasteiger partial charge in [-0.2, -0.15) is 5.10 Å². The van der Waals surface area contributed by atoms with Crippen LogP contribution < -0.4 is 5.56 Å². The quantitative estimate of drug-likeness (QED) is 0.771. The first kappa shape index (κ1) is 15.3. The summed E-state index contributed by atoms with van der Waals surface area (Å²) in [6.07, 6.45) is 1.61. The van der Waals surface area contributed by atoms with Crippen LogP contribution in [0.2, 0.25) is 5.02 Å². The van der Waals surface area contributed by atoms with E-state index in [0.717, 1.165) is 5.56 Å². The molecule has 7 heteroatoms. The number of H-pyrrole nitrogens is 1. The van der Waals surface area contributed by atoms with Gasteiger partial charge in [-0.1, -0.05) is 37.6 Å². The van der Waals surface area contributed by atoms with Gasteiger partial charge in [0, 0.05) is 10.6 Å². The van der Waals surface area contributed by atoms with Gasteiger partial charge < -0.3 is 10.1 Å². The molecule has 118 valence electrons. The molecule has 0 saturated carbocycles. The van der Waals surface area contributed by atoms with E-state index in [1.165, 1.54) is 4.52 Å². The van der Waals surface area contributed by atoms with E-state index >= 15 is 0 Å². The number of aromatic nitrogens is 3. The lowest BCUT2D eigenvalue weighted by atomic mass is 10.0. The molecular weight excluding hydrogens is 318 g/mol. The number of carboxylic acids is 1. The van der Waals surface area contributed by atoms with Crippen molar-refractivity contribution in [2.75, 3.05) is 0 Å². The molecule has 3 rings (SSSR count). The van der Waals surface area contributed by atoms with E-state index in [1.807, 2.05) is 13.8 Å². The van der Waals surface area contributed by atoms with Crippen molar-refractivity contribution in [2.45, 2.75) is 19.8 Å². The van der Waals surface area contributed by atoms with E-state index in [4.69, 9.17) is 11.6 Å². The predicted molar refractivity (Wildman–Crippen MR) is 87.3 cm³/mol. The average Bonchev–Trinajstić information content (AvgIpc) is 2.88. The van der Waals surface area contributed by atoms with Crippen LogP contribution in [0.15, 0.2) is 35.3 Å². The first-order valence-corrected chi connectivity index (χ1v) is 7.41. The van der Waals surface area contributed by atoms with Crippen molar-refractivity contribution in [3.05, 3.63) is 57.1 Å². The summed E-state index contributed by atoms with van der Waals surface area (Å²) < 4.78 is 1.33. The summed E-state index contributed by atoms with van der Waals surface area (Å²) in [4.78, 5) is 26.6. The smallest absolute Gasteiger partial charge is 0.356 e. The number of halogens is 1. The molecule has 2 heterocycles. The number of aromatic amines is 1. The second-order valence-electron chi connectivity index (χ2n) is 5.52. The average molecular weight is 332 g/mol. The molecule has 0 aliphatic heterocycles. The van der Waals surface area contributed by atoms with Crippen molar-refractivity contribution >= 4 is 23.1 Å². The maximum Gasteiger partial charge on any atom is 0.356 e. The maximum atomic E-state index is 12.5. The molecular formula is C16H14ClN3O3. The maximum absolute atomic E-state index is 12.5. The monoisotopic (exact) mass is 331 g/mol. The Morgan fingerprint density at radius 3 is 2.52 bits per heavy atom. The fourth-order valence-corrected chi connectivity index (χ4v) is 2.71. The minimum atomic E-state index is -1.15. The van der Waals surface area contributed by atoms with E-state index in [1.54, 1.807) is 30.5 Å². The van der Waals surface area contributed by atoms with Crippen LogP contribution >= 0.6 is 11.6 Å². The number of benzene rings is 1. The molecule has 23 heavy (non-hydrogen) atoms. The van der Waals surface area contributed by atoms with Gasteiger partial charge in [-0.25, -0.2) is 9.31 Å². The summed E-state index contributed by atoms with van der Waals surface area (Å²) in [5.74, 6) is -1.29. The van der Waals surface area contributed by atoms with Crippen molar-refractivity contribution < 1.29 is 9.90 Å². The fourth-order valence-electron chi connectivity index (χ4n) is 2.58. The number of nitrogens with one attached hydrogen (secondary N) is 1. The van der Waals surface area contributed by atoms with Gasteiger partial charge >= 0.3 is 5.97 Å². The predicted octanol–water partition coefficient (Wildman–Crippen LogP) is 3.16. The molecule has 0 spiro atoms. The highest BCUT2D eigenvalue weighted by molar-refractivity contribution is 6.30. The van der Waals surface area contributed by atoms with Crippen molar-refractivity contribution in [1.29, 1.82) is 0 Å². The van der Waals surface area contributed by atoms with Gasteiger partial charge in [0.25, 0.3) is 5.56 Å². The lowest BCUT2D eigenvalue weighted by Gasteiger charge is -2.05. The SMILES string of the molecule is CC(C)c1c(C(=O)O)nn2cc(-c3ccc(Cl)cc3)[nH]c(=O)c12. The summed E-state index contributed by atoms with van der Waals surface area (Å²) in [5, 5.41) is 14.0. The van der Waals surface area contributed by atoms with Crippen LogP contribution in [0.4, 0.5) is 0 Å². The summed E-state index contributed by atoms with van der Waals surface area (Å²) in [7, 11) is 0. The molecule has 0 atom stereocenters. The normalized spacial score (nSPS) is 11.3. The van der Waals surface area contributed by atoms with Crippen LogP contribution in [0.1, 0.15) is 35.8 Å². The number of aromatic carboxylic acids is 1. The molecule has 0 unspecified atom stereocenters. The second kappa shape index (κ2) is 5.55. The van der Waals surface area contributed by atoms with Crippen LogP contribution in [-0.2, 0) is 0 Å². The molecule has 0 bridgehead atoms. The Balaban J connectivity index is 2.29. The third-order valence-electron chi connectivity index (χ3n) is 3.60. The Morgan fingerprint density at radius 1 is 1.30 bits per heavy atom. The van der Waals surface area contributed by atoms with E-state index in [0.29, 0.717) is 16.3 Å². The Hall–Kier alpha value is -2.60. The highest BCUT2D eigenvalue weighted by Gasteiger charge is 2.23. The molecule has 2 N–H and O–H groups in total. The van der Waals surface area contributed by atoms with E-state index in [-0.39, 0.29) is 22.7 Å². The minimum Gasteiger partial charge on any atom is -0.476 e. The van der Waals surface area contributed by atoms with Crippen molar-refractivity contribution in [3.63, 3.8) is 0 Å². The topological polar surface area (TPSA) is 87.5 Å². The summed E-state index contributed by atoms with van der Waals surface area (Å²) in [6.45, 7) is 3.66. The lowest BCUT2D eigenvalue weighted by Crippen LogP contribution is -2.12. The summed E-state index contributed by atoms with van der Waals surface area (Å²) >= 11 is 5.86. The van der Waals surface area contributed by atoms with Crippen molar-refractivity contribution in [3.8, 4) is 11.3 Å².